The van der Waals surface area contributed by atoms with E-state index in [2.05, 4.69) is 20.5 Å². The molecule has 2 saturated heterocycles. The second kappa shape index (κ2) is 12.2. The Hall–Kier alpha value is -4.47. The average Bonchev–Trinajstić information content (AvgIpc) is 3.65. The van der Waals surface area contributed by atoms with Crippen LogP contribution in [0.5, 0.6) is 0 Å². The van der Waals surface area contributed by atoms with Crippen LogP contribution in [0.25, 0.3) is 5.65 Å². The van der Waals surface area contributed by atoms with E-state index in [0.717, 1.165) is 0 Å². The van der Waals surface area contributed by atoms with E-state index in [1.165, 1.54) is 21.6 Å². The third-order valence-electron chi connectivity index (χ3n) is 6.83. The molecule has 0 unspecified atom stereocenters. The van der Waals surface area contributed by atoms with Crippen molar-refractivity contribution in [2.75, 3.05) is 56.3 Å². The van der Waals surface area contributed by atoms with Gasteiger partial charge in [0.1, 0.15) is 18.0 Å². The molecule has 0 radical (unpaired) electrons. The van der Waals surface area contributed by atoms with Crippen molar-refractivity contribution in [3.63, 3.8) is 0 Å². The van der Waals surface area contributed by atoms with Crippen LogP contribution in [-0.2, 0) is 18.9 Å². The number of fused-ring (bicyclic) bond motifs is 1. The fraction of sp³-hybridized carbons (Fsp3) is 0.370. The smallest absolute Gasteiger partial charge is 0.338 e. The number of esters is 1. The number of nitrogens with zero attached hydrogens (tertiary/aromatic N) is 6. The van der Waals surface area contributed by atoms with Gasteiger partial charge in [0.2, 0.25) is 0 Å². The molecule has 220 valence electrons. The van der Waals surface area contributed by atoms with Crippen LogP contribution >= 0.6 is 0 Å². The maximum atomic E-state index is 13.9. The molecule has 6 rings (SSSR count). The number of carbonyl (C=O) groups excluding carboxylic acids is 2. The Balaban J connectivity index is 1.11. The monoisotopic (exact) mass is 583 g/mol. The minimum atomic E-state index is -2.95. The van der Waals surface area contributed by atoms with Crippen molar-refractivity contribution in [2.24, 2.45) is 0 Å². The highest BCUT2D eigenvalue weighted by Crippen LogP contribution is 2.29. The third-order valence-corrected chi connectivity index (χ3v) is 6.83. The van der Waals surface area contributed by atoms with Gasteiger partial charge in [-0.3, -0.25) is 9.48 Å². The molecule has 42 heavy (non-hydrogen) atoms. The number of benzene rings is 1. The topological polar surface area (TPSA) is 134 Å². The summed E-state index contributed by atoms with van der Waals surface area (Å²) in [5.41, 5.74) is 0.0541. The lowest BCUT2D eigenvalue weighted by Gasteiger charge is -2.29. The Labute approximate surface area is 237 Å². The number of hydrogen-bond acceptors (Lipinski definition) is 10. The Morgan fingerprint density at radius 1 is 1.10 bits per heavy atom. The SMILES string of the molecule is O=C(OCC1OCC(n2cc(NC(=O)c3cnn4ccc(N5CCOCC5)nc34)c(C(F)F)n2)CO1)c1ccccc1. The second-order valence-corrected chi connectivity index (χ2v) is 9.59. The first-order valence-corrected chi connectivity index (χ1v) is 13.3. The summed E-state index contributed by atoms with van der Waals surface area (Å²) in [5.74, 6) is -0.515. The quantitative estimate of drug-likeness (QED) is 0.309. The van der Waals surface area contributed by atoms with Crippen molar-refractivity contribution in [1.29, 1.82) is 0 Å². The van der Waals surface area contributed by atoms with Crippen LogP contribution < -0.4 is 10.2 Å². The summed E-state index contributed by atoms with van der Waals surface area (Å²) >= 11 is 0. The molecule has 0 atom stereocenters. The lowest BCUT2D eigenvalue weighted by molar-refractivity contribution is -0.212. The molecule has 3 aromatic heterocycles. The summed E-state index contributed by atoms with van der Waals surface area (Å²) in [4.78, 5) is 32.0. The van der Waals surface area contributed by atoms with Gasteiger partial charge in [0.15, 0.2) is 17.6 Å². The second-order valence-electron chi connectivity index (χ2n) is 9.59. The number of carbonyl (C=O) groups is 2. The van der Waals surface area contributed by atoms with Crippen LogP contribution in [0.3, 0.4) is 0 Å². The van der Waals surface area contributed by atoms with E-state index in [1.807, 2.05) is 4.90 Å². The third kappa shape index (κ3) is 5.93. The van der Waals surface area contributed by atoms with Crippen LogP contribution in [-0.4, -0.2) is 88.7 Å². The molecule has 5 heterocycles. The normalized spacial score (nSPS) is 19.3. The lowest BCUT2D eigenvalue weighted by Crippen LogP contribution is -2.37. The molecular formula is C27H27F2N7O6. The van der Waals surface area contributed by atoms with Gasteiger partial charge in [0, 0.05) is 25.5 Å². The molecule has 1 aromatic carbocycles. The number of ether oxygens (including phenoxy) is 4. The van der Waals surface area contributed by atoms with Gasteiger partial charge < -0.3 is 29.2 Å². The molecule has 1 amide bonds. The van der Waals surface area contributed by atoms with Crippen molar-refractivity contribution in [3.8, 4) is 0 Å². The molecule has 0 spiro atoms. The van der Waals surface area contributed by atoms with Gasteiger partial charge in [-0.1, -0.05) is 18.2 Å². The van der Waals surface area contributed by atoms with Gasteiger partial charge in [0.25, 0.3) is 12.3 Å². The summed E-state index contributed by atoms with van der Waals surface area (Å²) in [6.07, 6.45) is 0.563. The highest BCUT2D eigenvalue weighted by Gasteiger charge is 2.29. The first kappa shape index (κ1) is 27.7. The van der Waals surface area contributed by atoms with Gasteiger partial charge >= 0.3 is 5.97 Å². The number of rotatable bonds is 8. The number of morpholine rings is 1. The lowest BCUT2D eigenvalue weighted by atomic mass is 10.2. The van der Waals surface area contributed by atoms with Crippen LogP contribution in [0.15, 0.2) is 55.0 Å². The van der Waals surface area contributed by atoms with Gasteiger partial charge in [-0.05, 0) is 18.2 Å². The van der Waals surface area contributed by atoms with Crippen LogP contribution in [0, 0.1) is 0 Å². The summed E-state index contributed by atoms with van der Waals surface area (Å²) in [6, 6.07) is 9.73. The predicted octanol–water partition coefficient (Wildman–Crippen LogP) is 2.72. The molecule has 0 saturated carbocycles. The Kier molecular flexibility index (Phi) is 8.03. The van der Waals surface area contributed by atoms with Gasteiger partial charge in [-0.25, -0.2) is 23.1 Å². The summed E-state index contributed by atoms with van der Waals surface area (Å²) in [6.45, 7) is 2.44. The molecule has 0 aliphatic carbocycles. The largest absolute Gasteiger partial charge is 0.457 e. The van der Waals surface area contributed by atoms with E-state index in [0.29, 0.717) is 37.7 Å². The van der Waals surface area contributed by atoms with Gasteiger partial charge in [-0.2, -0.15) is 10.2 Å². The van der Waals surface area contributed by atoms with E-state index in [4.69, 9.17) is 18.9 Å². The highest BCUT2D eigenvalue weighted by molar-refractivity contribution is 6.08. The van der Waals surface area contributed by atoms with Crippen molar-refractivity contribution < 1.29 is 37.3 Å². The fourth-order valence-electron chi connectivity index (χ4n) is 4.61. The molecule has 4 aromatic rings. The van der Waals surface area contributed by atoms with Gasteiger partial charge in [-0.15, -0.1) is 0 Å². The summed E-state index contributed by atoms with van der Waals surface area (Å²) < 4.78 is 52.4. The Morgan fingerprint density at radius 3 is 2.60 bits per heavy atom. The Bertz CT molecular complexity index is 1550. The molecule has 1 N–H and O–H groups in total. The Morgan fingerprint density at radius 2 is 1.86 bits per heavy atom. The number of hydrogen-bond donors (Lipinski definition) is 1. The van der Waals surface area contributed by atoms with Crippen LogP contribution in [0.1, 0.15) is 38.9 Å². The number of anilines is 2. The predicted molar refractivity (Wildman–Crippen MR) is 143 cm³/mol. The maximum absolute atomic E-state index is 13.9. The first-order valence-electron chi connectivity index (χ1n) is 13.3. The number of halogens is 2. The van der Waals surface area contributed by atoms with Crippen LogP contribution in [0.2, 0.25) is 0 Å². The zero-order valence-electron chi connectivity index (χ0n) is 22.3. The number of amides is 1. The summed E-state index contributed by atoms with van der Waals surface area (Å²) in [7, 11) is 0. The number of alkyl halides is 2. The number of nitrogens with one attached hydrogen (secondary N) is 1. The van der Waals surface area contributed by atoms with E-state index in [9.17, 15) is 18.4 Å². The van der Waals surface area contributed by atoms with Gasteiger partial charge in [0.05, 0.1) is 49.9 Å². The molecule has 0 bridgehead atoms. The zero-order valence-corrected chi connectivity index (χ0v) is 22.3. The van der Waals surface area contributed by atoms with Crippen molar-refractivity contribution in [2.45, 2.75) is 18.8 Å². The zero-order chi connectivity index (χ0) is 29.1. The van der Waals surface area contributed by atoms with E-state index >= 15 is 0 Å². The fourth-order valence-corrected chi connectivity index (χ4v) is 4.61. The van der Waals surface area contributed by atoms with E-state index in [1.54, 1.807) is 42.6 Å². The minimum Gasteiger partial charge on any atom is -0.457 e. The molecule has 2 aliphatic rings. The van der Waals surface area contributed by atoms with E-state index < -0.39 is 36.3 Å². The standard InChI is InChI=1S/C27H27F2N7O6/c28-24(29)23-20(31-26(37)19-12-30-35-7-6-21(32-25(19)35)34-8-10-39-11-9-34)13-36(33-23)18-14-40-22(41-15-18)16-42-27(38)17-4-2-1-3-5-17/h1-7,12-13,18,22,24H,8-11,14-16H2,(H,31,37). The molecular weight excluding hydrogens is 556 g/mol. The molecule has 13 nitrogen and oxygen atoms in total. The molecule has 15 heteroatoms. The van der Waals surface area contributed by atoms with Crippen LogP contribution in [0.4, 0.5) is 20.3 Å². The number of aromatic nitrogens is 5. The average molecular weight is 584 g/mol. The highest BCUT2D eigenvalue weighted by atomic mass is 19.3. The molecule has 2 aliphatic heterocycles. The van der Waals surface area contributed by atoms with Crippen molar-refractivity contribution in [3.05, 3.63) is 71.8 Å². The van der Waals surface area contributed by atoms with Crippen molar-refractivity contribution in [1.82, 2.24) is 24.4 Å². The van der Waals surface area contributed by atoms with Crippen molar-refractivity contribution >= 4 is 29.0 Å². The minimum absolute atomic E-state index is 0.0631. The first-order chi connectivity index (χ1) is 20.5. The summed E-state index contributed by atoms with van der Waals surface area (Å²) in [5, 5.41) is 10.7. The maximum Gasteiger partial charge on any atom is 0.338 e. The molecule has 2 fully saturated rings. The van der Waals surface area contributed by atoms with E-state index in [-0.39, 0.29) is 36.7 Å².